The molecule has 1 aliphatic rings. The molecule has 0 unspecified atom stereocenters. The van der Waals surface area contributed by atoms with E-state index in [2.05, 4.69) is 37.3 Å². The second kappa shape index (κ2) is 13.5. The summed E-state index contributed by atoms with van der Waals surface area (Å²) in [5, 5.41) is 6.56. The molecule has 170 valence electrons. The maximum Gasteiger partial charge on any atom is 0.191 e. The zero-order valence-electron chi connectivity index (χ0n) is 18.5. The average Bonchev–Trinajstić information content (AvgIpc) is 2.78. The van der Waals surface area contributed by atoms with Gasteiger partial charge in [0.1, 0.15) is 5.82 Å². The predicted octanol–water partition coefficient (Wildman–Crippen LogP) is 3.28. The summed E-state index contributed by atoms with van der Waals surface area (Å²) in [5.41, 5.74) is 2.60. The highest BCUT2D eigenvalue weighted by Gasteiger charge is 2.18. The van der Waals surface area contributed by atoms with Crippen LogP contribution in [0.5, 0.6) is 0 Å². The first-order chi connectivity index (χ1) is 14.7. The smallest absolute Gasteiger partial charge is 0.191 e. The highest BCUT2D eigenvalue weighted by Crippen LogP contribution is 2.22. The van der Waals surface area contributed by atoms with Crippen LogP contribution in [0.3, 0.4) is 0 Å². The van der Waals surface area contributed by atoms with E-state index in [0.29, 0.717) is 12.2 Å². The second-order valence-corrected chi connectivity index (χ2v) is 7.40. The van der Waals surface area contributed by atoms with Crippen LogP contribution in [-0.2, 0) is 13.0 Å². The zero-order valence-corrected chi connectivity index (χ0v) is 20.8. The number of benzene rings is 1. The van der Waals surface area contributed by atoms with Gasteiger partial charge in [-0.15, -0.1) is 24.0 Å². The second-order valence-electron chi connectivity index (χ2n) is 7.40. The van der Waals surface area contributed by atoms with Crippen LogP contribution in [-0.4, -0.2) is 61.7 Å². The standard InChI is InChI=1S/C23H33FN6.HI/c1-3-25-23(27-12-10-20-7-5-6-11-26-20)28-18-19-8-9-22(21(24)17-19)30-15-13-29(4-2)14-16-30;/h5-9,11,17H,3-4,10,12-16,18H2,1-2H3,(H2,25,27,28);1H. The SMILES string of the molecule is CCNC(=NCc1ccc(N2CCN(CC)CC2)c(F)c1)NCCc1ccccn1.I. The molecule has 6 nitrogen and oxygen atoms in total. The van der Waals surface area contributed by atoms with Crippen LogP contribution in [0.15, 0.2) is 47.6 Å². The van der Waals surface area contributed by atoms with E-state index in [-0.39, 0.29) is 29.8 Å². The molecule has 0 bridgehead atoms. The summed E-state index contributed by atoms with van der Waals surface area (Å²) in [5.74, 6) is 0.564. The number of nitrogens with zero attached hydrogens (tertiary/aromatic N) is 4. The Kier molecular flexibility index (Phi) is 11.0. The lowest BCUT2D eigenvalue weighted by Gasteiger charge is -2.35. The Balaban J connectivity index is 0.00000341. The van der Waals surface area contributed by atoms with Crippen molar-refractivity contribution in [1.82, 2.24) is 20.5 Å². The summed E-state index contributed by atoms with van der Waals surface area (Å²) >= 11 is 0. The number of nitrogens with one attached hydrogen (secondary N) is 2. The normalized spacial score (nSPS) is 14.8. The van der Waals surface area contributed by atoms with Gasteiger partial charge in [-0.25, -0.2) is 9.38 Å². The van der Waals surface area contributed by atoms with Gasteiger partial charge in [0.05, 0.1) is 12.2 Å². The molecule has 0 atom stereocenters. The molecular weight excluding hydrogens is 506 g/mol. The molecule has 2 N–H and O–H groups in total. The molecule has 31 heavy (non-hydrogen) atoms. The number of hydrogen-bond acceptors (Lipinski definition) is 4. The molecule has 1 fully saturated rings. The molecule has 1 aromatic heterocycles. The summed E-state index contributed by atoms with van der Waals surface area (Å²) in [6.07, 6.45) is 2.62. The molecule has 8 heteroatoms. The zero-order chi connectivity index (χ0) is 21.2. The molecule has 1 saturated heterocycles. The van der Waals surface area contributed by atoms with Crippen molar-refractivity contribution in [3.8, 4) is 0 Å². The largest absolute Gasteiger partial charge is 0.367 e. The van der Waals surface area contributed by atoms with E-state index >= 15 is 0 Å². The molecule has 2 aromatic rings. The number of aromatic nitrogens is 1. The minimum Gasteiger partial charge on any atom is -0.367 e. The topological polar surface area (TPSA) is 55.8 Å². The fraction of sp³-hybridized carbons (Fsp3) is 0.478. The Labute approximate surface area is 202 Å². The van der Waals surface area contributed by atoms with E-state index in [0.717, 1.165) is 69.5 Å². The Morgan fingerprint density at radius 2 is 1.90 bits per heavy atom. The van der Waals surface area contributed by atoms with Crippen LogP contribution < -0.4 is 15.5 Å². The number of rotatable bonds is 8. The van der Waals surface area contributed by atoms with Gasteiger partial charge in [-0.2, -0.15) is 0 Å². The average molecular weight is 540 g/mol. The number of likely N-dealkylation sites (N-methyl/N-ethyl adjacent to an activating group) is 1. The first-order valence-electron chi connectivity index (χ1n) is 10.9. The summed E-state index contributed by atoms with van der Waals surface area (Å²) in [6, 6.07) is 11.4. The van der Waals surface area contributed by atoms with E-state index < -0.39 is 0 Å². The Hall–Kier alpha value is -1.94. The Morgan fingerprint density at radius 3 is 2.55 bits per heavy atom. The van der Waals surface area contributed by atoms with Gasteiger partial charge in [-0.05, 0) is 43.3 Å². The number of hydrogen-bond donors (Lipinski definition) is 2. The molecular formula is C23H34FIN6. The Bertz CT molecular complexity index is 809. The molecule has 1 aliphatic heterocycles. The van der Waals surface area contributed by atoms with Crippen molar-refractivity contribution in [1.29, 1.82) is 0 Å². The molecule has 0 amide bonds. The molecule has 1 aromatic carbocycles. The number of piperazine rings is 1. The predicted molar refractivity (Wildman–Crippen MR) is 137 cm³/mol. The number of anilines is 1. The van der Waals surface area contributed by atoms with Crippen LogP contribution in [0, 0.1) is 5.82 Å². The number of halogens is 2. The third kappa shape index (κ3) is 7.92. The monoisotopic (exact) mass is 540 g/mol. The van der Waals surface area contributed by atoms with Gasteiger partial charge in [0.25, 0.3) is 0 Å². The van der Waals surface area contributed by atoms with Gasteiger partial charge >= 0.3 is 0 Å². The van der Waals surface area contributed by atoms with E-state index in [4.69, 9.17) is 0 Å². The highest BCUT2D eigenvalue weighted by atomic mass is 127. The quantitative estimate of drug-likeness (QED) is 0.306. The van der Waals surface area contributed by atoms with Crippen molar-refractivity contribution < 1.29 is 4.39 Å². The van der Waals surface area contributed by atoms with Crippen LogP contribution in [0.1, 0.15) is 25.1 Å². The van der Waals surface area contributed by atoms with Crippen LogP contribution in [0.4, 0.5) is 10.1 Å². The van der Waals surface area contributed by atoms with E-state index in [1.165, 1.54) is 0 Å². The van der Waals surface area contributed by atoms with E-state index in [9.17, 15) is 4.39 Å². The lowest BCUT2D eigenvalue weighted by molar-refractivity contribution is 0.270. The summed E-state index contributed by atoms with van der Waals surface area (Å²) in [4.78, 5) is 13.5. The third-order valence-corrected chi connectivity index (χ3v) is 5.34. The maximum atomic E-state index is 14.7. The fourth-order valence-electron chi connectivity index (χ4n) is 3.58. The summed E-state index contributed by atoms with van der Waals surface area (Å²) < 4.78 is 14.7. The molecule has 0 spiro atoms. The highest BCUT2D eigenvalue weighted by molar-refractivity contribution is 14.0. The van der Waals surface area contributed by atoms with Crippen molar-refractivity contribution in [3.05, 3.63) is 59.7 Å². The first kappa shape index (κ1) is 25.3. The van der Waals surface area contributed by atoms with Gasteiger partial charge in [0, 0.05) is 57.6 Å². The third-order valence-electron chi connectivity index (χ3n) is 5.34. The van der Waals surface area contributed by atoms with Crippen LogP contribution >= 0.6 is 24.0 Å². The van der Waals surface area contributed by atoms with Crippen molar-refractivity contribution in [2.24, 2.45) is 4.99 Å². The number of guanidine groups is 1. The molecule has 0 saturated carbocycles. The summed E-state index contributed by atoms with van der Waals surface area (Å²) in [7, 11) is 0. The molecule has 0 aliphatic carbocycles. The van der Waals surface area contributed by atoms with Crippen molar-refractivity contribution in [2.45, 2.75) is 26.8 Å². The van der Waals surface area contributed by atoms with Gasteiger partial charge < -0.3 is 20.4 Å². The van der Waals surface area contributed by atoms with Gasteiger partial charge in [0.15, 0.2) is 5.96 Å². The van der Waals surface area contributed by atoms with Crippen LogP contribution in [0.2, 0.25) is 0 Å². The first-order valence-corrected chi connectivity index (χ1v) is 10.9. The van der Waals surface area contributed by atoms with Crippen LogP contribution in [0.25, 0.3) is 0 Å². The van der Waals surface area contributed by atoms with Crippen molar-refractivity contribution >= 4 is 35.6 Å². The Morgan fingerprint density at radius 1 is 1.10 bits per heavy atom. The molecule has 2 heterocycles. The van der Waals surface area contributed by atoms with Crippen molar-refractivity contribution in [3.63, 3.8) is 0 Å². The number of pyridine rings is 1. The van der Waals surface area contributed by atoms with Gasteiger partial charge in [-0.3, -0.25) is 4.98 Å². The number of aliphatic imine (C=N–C) groups is 1. The van der Waals surface area contributed by atoms with Gasteiger partial charge in [-0.1, -0.05) is 19.1 Å². The van der Waals surface area contributed by atoms with Gasteiger partial charge in [0.2, 0.25) is 0 Å². The molecule has 3 rings (SSSR count). The summed E-state index contributed by atoms with van der Waals surface area (Å²) in [6.45, 7) is 10.9. The minimum atomic E-state index is -0.166. The lowest BCUT2D eigenvalue weighted by atomic mass is 10.1. The van der Waals surface area contributed by atoms with E-state index in [1.54, 1.807) is 12.3 Å². The molecule has 0 radical (unpaired) electrons. The van der Waals surface area contributed by atoms with Crippen molar-refractivity contribution in [2.75, 3.05) is 50.7 Å². The maximum absolute atomic E-state index is 14.7. The fourth-order valence-corrected chi connectivity index (χ4v) is 3.58. The van der Waals surface area contributed by atoms with E-state index in [1.807, 2.05) is 37.3 Å². The lowest BCUT2D eigenvalue weighted by Crippen LogP contribution is -2.46. The minimum absolute atomic E-state index is 0.